The second-order valence-corrected chi connectivity index (χ2v) is 7.06. The highest BCUT2D eigenvalue weighted by Gasteiger charge is 2.29. The van der Waals surface area contributed by atoms with Crippen LogP contribution in [0, 0.1) is 0 Å². The van der Waals surface area contributed by atoms with E-state index in [9.17, 15) is 13.2 Å². The number of aryl methyl sites for hydroxylation is 1. The van der Waals surface area contributed by atoms with Crippen molar-refractivity contribution in [1.82, 2.24) is 14.2 Å². The zero-order valence-corrected chi connectivity index (χ0v) is 13.5. The first-order valence-electron chi connectivity index (χ1n) is 7.32. The van der Waals surface area contributed by atoms with E-state index in [4.69, 9.17) is 4.74 Å². The number of carbonyl (C=O) groups is 1. The van der Waals surface area contributed by atoms with Crippen molar-refractivity contribution in [3.8, 4) is 0 Å². The molecule has 1 fully saturated rings. The van der Waals surface area contributed by atoms with Crippen LogP contribution < -0.4 is 0 Å². The molecule has 0 aliphatic carbocycles. The summed E-state index contributed by atoms with van der Waals surface area (Å²) in [5, 5.41) is 0. The number of aromatic nitrogens is 1. The lowest BCUT2D eigenvalue weighted by atomic mass is 10.3. The molecule has 8 heteroatoms. The Morgan fingerprint density at radius 1 is 1.27 bits per heavy atom. The number of carbonyl (C=O) groups excluding carboxylic acids is 1. The quantitative estimate of drug-likeness (QED) is 0.796. The van der Waals surface area contributed by atoms with Crippen LogP contribution in [0.15, 0.2) is 24.4 Å². The summed E-state index contributed by atoms with van der Waals surface area (Å²) >= 11 is 0. The number of hydrogen-bond acceptors (Lipinski definition) is 5. The second-order valence-electron chi connectivity index (χ2n) is 4.97. The molecular weight excluding hydrogens is 306 g/mol. The summed E-state index contributed by atoms with van der Waals surface area (Å²) in [5.41, 5.74) is 0.760. The fourth-order valence-corrected chi connectivity index (χ4v) is 3.72. The number of sulfonamides is 1. The molecule has 1 amide bonds. The van der Waals surface area contributed by atoms with Gasteiger partial charge in [0, 0.05) is 44.5 Å². The maximum absolute atomic E-state index is 12.3. The third-order valence-corrected chi connectivity index (χ3v) is 5.37. The first-order valence-corrected chi connectivity index (χ1v) is 8.93. The molecule has 1 aliphatic heterocycles. The fraction of sp³-hybridized carbons (Fsp3) is 0.571. The minimum atomic E-state index is -3.33. The van der Waals surface area contributed by atoms with Crippen LogP contribution in [-0.4, -0.2) is 67.2 Å². The number of rotatable bonds is 5. The Labute approximate surface area is 130 Å². The van der Waals surface area contributed by atoms with Crippen molar-refractivity contribution < 1.29 is 17.9 Å². The number of hydrogen-bond donors (Lipinski definition) is 0. The summed E-state index contributed by atoms with van der Waals surface area (Å²) in [5.74, 6) is 0.0312. The Bertz CT molecular complexity index is 583. The Kier molecular flexibility index (Phi) is 5.73. The Balaban J connectivity index is 1.85. The lowest BCUT2D eigenvalue weighted by molar-refractivity contribution is 0.0934. The van der Waals surface area contributed by atoms with Crippen LogP contribution in [0.4, 0.5) is 4.79 Å². The molecule has 2 rings (SSSR count). The molecule has 2 heterocycles. The van der Waals surface area contributed by atoms with Crippen molar-refractivity contribution in [3.63, 3.8) is 0 Å². The molecule has 0 saturated carbocycles. The fourth-order valence-electron chi connectivity index (χ4n) is 2.27. The highest BCUT2D eigenvalue weighted by Crippen LogP contribution is 2.10. The highest BCUT2D eigenvalue weighted by molar-refractivity contribution is 7.89. The molecule has 122 valence electrons. The van der Waals surface area contributed by atoms with Crippen molar-refractivity contribution in [2.24, 2.45) is 0 Å². The highest BCUT2D eigenvalue weighted by atomic mass is 32.2. The van der Waals surface area contributed by atoms with Gasteiger partial charge in [-0.2, -0.15) is 4.31 Å². The minimum Gasteiger partial charge on any atom is -0.450 e. The van der Waals surface area contributed by atoms with Gasteiger partial charge < -0.3 is 9.64 Å². The predicted molar refractivity (Wildman–Crippen MR) is 81.9 cm³/mol. The van der Waals surface area contributed by atoms with Crippen LogP contribution in [-0.2, 0) is 21.2 Å². The summed E-state index contributed by atoms with van der Waals surface area (Å²) in [4.78, 5) is 17.3. The lowest BCUT2D eigenvalue weighted by Crippen LogP contribution is -2.51. The average Bonchev–Trinajstić information content (AvgIpc) is 2.54. The van der Waals surface area contributed by atoms with E-state index in [-0.39, 0.29) is 11.8 Å². The summed E-state index contributed by atoms with van der Waals surface area (Å²) < 4.78 is 31.0. The maximum Gasteiger partial charge on any atom is 0.409 e. The first-order chi connectivity index (χ1) is 10.5. The van der Waals surface area contributed by atoms with E-state index in [1.54, 1.807) is 19.2 Å². The number of pyridine rings is 1. The molecule has 1 aromatic rings. The van der Waals surface area contributed by atoms with E-state index in [0.717, 1.165) is 5.69 Å². The summed E-state index contributed by atoms with van der Waals surface area (Å²) in [6.45, 7) is 3.41. The SMILES string of the molecule is CCOC(=O)N1CCN(S(=O)(=O)CCc2ccccn2)CC1. The third-order valence-electron chi connectivity index (χ3n) is 3.50. The van der Waals surface area contributed by atoms with Crippen molar-refractivity contribution in [2.45, 2.75) is 13.3 Å². The molecule has 1 aromatic heterocycles. The van der Waals surface area contributed by atoms with Gasteiger partial charge >= 0.3 is 6.09 Å². The zero-order chi connectivity index (χ0) is 16.0. The van der Waals surface area contributed by atoms with Crippen molar-refractivity contribution >= 4 is 16.1 Å². The van der Waals surface area contributed by atoms with Gasteiger partial charge in [0.1, 0.15) is 0 Å². The molecule has 7 nitrogen and oxygen atoms in total. The van der Waals surface area contributed by atoms with E-state index in [1.165, 1.54) is 9.21 Å². The Morgan fingerprint density at radius 3 is 2.59 bits per heavy atom. The van der Waals surface area contributed by atoms with E-state index < -0.39 is 10.0 Å². The second kappa shape index (κ2) is 7.55. The van der Waals surface area contributed by atoms with Gasteiger partial charge in [0.05, 0.1) is 12.4 Å². The van der Waals surface area contributed by atoms with Crippen molar-refractivity contribution in [1.29, 1.82) is 0 Å². The Hall–Kier alpha value is -1.67. The van der Waals surface area contributed by atoms with Gasteiger partial charge in [-0.1, -0.05) is 6.07 Å². The standard InChI is InChI=1S/C14H21N3O4S/c1-2-21-14(18)16-8-10-17(11-9-16)22(19,20)12-6-13-5-3-4-7-15-13/h3-5,7H,2,6,8-12H2,1H3. The molecule has 0 unspecified atom stereocenters. The monoisotopic (exact) mass is 327 g/mol. The topological polar surface area (TPSA) is 79.8 Å². The lowest BCUT2D eigenvalue weighted by Gasteiger charge is -2.33. The molecule has 1 saturated heterocycles. The van der Waals surface area contributed by atoms with Gasteiger partial charge in [0.2, 0.25) is 10.0 Å². The zero-order valence-electron chi connectivity index (χ0n) is 12.6. The van der Waals surface area contributed by atoms with Gasteiger partial charge in [-0.3, -0.25) is 4.98 Å². The summed E-state index contributed by atoms with van der Waals surface area (Å²) in [6, 6.07) is 5.45. The molecule has 0 radical (unpaired) electrons. The summed E-state index contributed by atoms with van der Waals surface area (Å²) in [7, 11) is -3.33. The van der Waals surface area contributed by atoms with Crippen LogP contribution in [0.25, 0.3) is 0 Å². The predicted octanol–water partition coefficient (Wildman–Crippen LogP) is 0.728. The van der Waals surface area contributed by atoms with E-state index in [2.05, 4.69) is 4.98 Å². The minimum absolute atomic E-state index is 0.0312. The summed E-state index contributed by atoms with van der Waals surface area (Å²) in [6.07, 6.45) is 1.66. The van der Waals surface area contributed by atoms with Gasteiger partial charge in [-0.15, -0.1) is 0 Å². The van der Waals surface area contributed by atoms with Crippen LogP contribution in [0.2, 0.25) is 0 Å². The molecule has 0 atom stereocenters. The molecule has 22 heavy (non-hydrogen) atoms. The number of piperazine rings is 1. The van der Waals surface area contributed by atoms with Crippen LogP contribution >= 0.6 is 0 Å². The smallest absolute Gasteiger partial charge is 0.409 e. The van der Waals surface area contributed by atoms with E-state index >= 15 is 0 Å². The van der Waals surface area contributed by atoms with Crippen LogP contribution in [0.1, 0.15) is 12.6 Å². The number of ether oxygens (including phenoxy) is 1. The molecule has 0 bridgehead atoms. The van der Waals surface area contributed by atoms with Gasteiger partial charge in [-0.25, -0.2) is 13.2 Å². The number of nitrogens with zero attached hydrogens (tertiary/aromatic N) is 3. The molecular formula is C14H21N3O4S. The molecule has 1 aliphatic rings. The third kappa shape index (κ3) is 4.41. The van der Waals surface area contributed by atoms with Crippen molar-refractivity contribution in [3.05, 3.63) is 30.1 Å². The van der Waals surface area contributed by atoms with Gasteiger partial charge in [0.25, 0.3) is 0 Å². The first kappa shape index (κ1) is 16.7. The van der Waals surface area contributed by atoms with Gasteiger partial charge in [-0.05, 0) is 19.1 Å². The number of amides is 1. The Morgan fingerprint density at radius 2 is 2.00 bits per heavy atom. The maximum atomic E-state index is 12.3. The van der Waals surface area contributed by atoms with Crippen LogP contribution in [0.5, 0.6) is 0 Å². The van der Waals surface area contributed by atoms with E-state index in [0.29, 0.717) is 39.2 Å². The molecule has 0 N–H and O–H groups in total. The van der Waals surface area contributed by atoms with Crippen molar-refractivity contribution in [2.75, 3.05) is 38.5 Å². The normalized spacial score (nSPS) is 16.5. The average molecular weight is 327 g/mol. The largest absolute Gasteiger partial charge is 0.450 e. The molecule has 0 aromatic carbocycles. The van der Waals surface area contributed by atoms with Gasteiger partial charge in [0.15, 0.2) is 0 Å². The molecule has 0 spiro atoms. The van der Waals surface area contributed by atoms with Crippen LogP contribution in [0.3, 0.4) is 0 Å². The van der Waals surface area contributed by atoms with E-state index in [1.807, 2.05) is 12.1 Å².